The van der Waals surface area contributed by atoms with Gasteiger partial charge in [-0.3, -0.25) is 4.79 Å². The molecule has 174 valence electrons. The number of hydrogen-bond acceptors (Lipinski definition) is 8. The minimum atomic E-state index is -0.462. The number of amides is 1. The first kappa shape index (κ1) is 23.6. The smallest absolute Gasteiger partial charge is 0.350 e. The second kappa shape index (κ2) is 11.0. The maximum atomic E-state index is 12.7. The number of aromatic nitrogens is 2. The second-order valence-electron chi connectivity index (χ2n) is 7.08. The van der Waals surface area contributed by atoms with E-state index in [0.717, 1.165) is 33.2 Å². The monoisotopic (exact) mass is 493 g/mol. The van der Waals surface area contributed by atoms with Crippen LogP contribution in [0.25, 0.3) is 21.8 Å². The summed E-state index contributed by atoms with van der Waals surface area (Å²) in [6, 6.07) is 17.0. The fourth-order valence-electron chi connectivity index (χ4n) is 3.26. The normalized spacial score (nSPS) is 10.6. The molecule has 0 spiro atoms. The third kappa shape index (κ3) is 5.49. The molecule has 2 heterocycles. The van der Waals surface area contributed by atoms with Gasteiger partial charge in [0.25, 0.3) is 0 Å². The van der Waals surface area contributed by atoms with Crippen LogP contribution in [0.3, 0.4) is 0 Å². The van der Waals surface area contributed by atoms with Crippen molar-refractivity contribution in [1.82, 2.24) is 9.97 Å². The van der Waals surface area contributed by atoms with Gasteiger partial charge in [-0.05, 0) is 26.0 Å². The molecule has 4 aromatic rings. The van der Waals surface area contributed by atoms with E-state index in [2.05, 4.69) is 15.3 Å². The van der Waals surface area contributed by atoms with Gasteiger partial charge in [-0.15, -0.1) is 11.3 Å². The second-order valence-corrected chi connectivity index (χ2v) is 8.94. The van der Waals surface area contributed by atoms with Crippen LogP contribution in [-0.4, -0.2) is 35.1 Å². The zero-order valence-electron chi connectivity index (χ0n) is 18.7. The van der Waals surface area contributed by atoms with Crippen LogP contribution in [0.5, 0.6) is 5.75 Å². The molecule has 0 unspecified atom stereocenters. The lowest BCUT2D eigenvalue weighted by molar-refractivity contribution is -0.115. The number of anilines is 1. The van der Waals surface area contributed by atoms with Crippen molar-refractivity contribution in [3.63, 3.8) is 0 Å². The van der Waals surface area contributed by atoms with E-state index in [1.807, 2.05) is 66.9 Å². The SMILES string of the molecule is CCOC(=O)c1sc(NC(=O)Cc2csc(-c3ccccc3OCC)n2)nc1-c1ccccc1. The molecule has 0 bridgehead atoms. The lowest BCUT2D eigenvalue weighted by atomic mass is 10.1. The van der Waals surface area contributed by atoms with Crippen molar-refractivity contribution in [1.29, 1.82) is 0 Å². The first-order chi connectivity index (χ1) is 16.6. The average molecular weight is 494 g/mol. The Kier molecular flexibility index (Phi) is 7.66. The Labute approximate surface area is 205 Å². The van der Waals surface area contributed by atoms with E-state index in [1.165, 1.54) is 11.3 Å². The molecule has 0 aliphatic heterocycles. The van der Waals surface area contributed by atoms with E-state index < -0.39 is 5.97 Å². The molecular weight excluding hydrogens is 470 g/mol. The number of hydrogen-bond donors (Lipinski definition) is 1. The highest BCUT2D eigenvalue weighted by atomic mass is 32.1. The van der Waals surface area contributed by atoms with Gasteiger partial charge in [-0.2, -0.15) is 0 Å². The van der Waals surface area contributed by atoms with Gasteiger partial charge in [0.2, 0.25) is 5.91 Å². The molecule has 0 fully saturated rings. The van der Waals surface area contributed by atoms with Gasteiger partial charge in [0, 0.05) is 10.9 Å². The van der Waals surface area contributed by atoms with Crippen molar-refractivity contribution in [3.8, 4) is 27.6 Å². The van der Waals surface area contributed by atoms with E-state index in [1.54, 1.807) is 6.92 Å². The summed E-state index contributed by atoms with van der Waals surface area (Å²) in [7, 11) is 0. The van der Waals surface area contributed by atoms with Crippen LogP contribution < -0.4 is 10.1 Å². The van der Waals surface area contributed by atoms with Crippen LogP contribution in [0.15, 0.2) is 60.0 Å². The molecule has 1 amide bonds. The number of nitrogens with one attached hydrogen (secondary N) is 1. The van der Waals surface area contributed by atoms with Crippen LogP contribution in [0.4, 0.5) is 5.13 Å². The summed E-state index contributed by atoms with van der Waals surface area (Å²) in [5.41, 5.74) is 2.81. The Morgan fingerprint density at radius 3 is 2.50 bits per heavy atom. The Balaban J connectivity index is 1.50. The van der Waals surface area contributed by atoms with Crippen LogP contribution in [0, 0.1) is 0 Å². The summed E-state index contributed by atoms with van der Waals surface area (Å²) >= 11 is 2.56. The van der Waals surface area contributed by atoms with Crippen LogP contribution >= 0.6 is 22.7 Å². The average Bonchev–Trinajstić information content (AvgIpc) is 3.48. The molecule has 0 atom stereocenters. The molecule has 2 aromatic heterocycles. The maximum Gasteiger partial charge on any atom is 0.350 e. The van der Waals surface area contributed by atoms with Gasteiger partial charge in [0.05, 0.1) is 36.6 Å². The summed E-state index contributed by atoms with van der Waals surface area (Å²) in [6.45, 7) is 4.50. The number of para-hydroxylation sites is 1. The summed E-state index contributed by atoms with van der Waals surface area (Å²) in [5, 5.41) is 5.79. The lowest BCUT2D eigenvalue weighted by Gasteiger charge is -2.07. The molecule has 0 radical (unpaired) electrons. The fraction of sp³-hybridized carbons (Fsp3) is 0.200. The quantitative estimate of drug-likeness (QED) is 0.301. The molecule has 0 saturated heterocycles. The molecule has 1 N–H and O–H groups in total. The van der Waals surface area contributed by atoms with Gasteiger partial charge < -0.3 is 14.8 Å². The molecule has 2 aromatic carbocycles. The first-order valence-corrected chi connectivity index (χ1v) is 12.5. The summed E-state index contributed by atoms with van der Waals surface area (Å²) < 4.78 is 10.9. The number of nitrogens with zero attached hydrogens (tertiary/aromatic N) is 2. The zero-order valence-corrected chi connectivity index (χ0v) is 20.4. The number of carbonyl (C=O) groups excluding carboxylic acids is 2. The van der Waals surface area contributed by atoms with E-state index in [0.29, 0.717) is 28.0 Å². The highest BCUT2D eigenvalue weighted by Crippen LogP contribution is 2.33. The molecule has 9 heteroatoms. The van der Waals surface area contributed by atoms with Gasteiger partial charge in [-0.1, -0.05) is 53.8 Å². The predicted octanol–water partition coefficient (Wildman–Crippen LogP) is 5.69. The van der Waals surface area contributed by atoms with Crippen LogP contribution in [-0.2, 0) is 16.0 Å². The van der Waals surface area contributed by atoms with Crippen LogP contribution in [0.1, 0.15) is 29.2 Å². The highest BCUT2D eigenvalue weighted by molar-refractivity contribution is 7.18. The maximum absolute atomic E-state index is 12.7. The van der Waals surface area contributed by atoms with Crippen LogP contribution in [0.2, 0.25) is 0 Å². The molecule has 7 nitrogen and oxygen atoms in total. The van der Waals surface area contributed by atoms with Crippen molar-refractivity contribution in [3.05, 3.63) is 70.5 Å². The molecule has 4 rings (SSSR count). The van der Waals surface area contributed by atoms with Crippen molar-refractivity contribution >= 4 is 39.7 Å². The number of rotatable bonds is 9. The van der Waals surface area contributed by atoms with Crippen molar-refractivity contribution in [2.45, 2.75) is 20.3 Å². The molecule has 0 aliphatic carbocycles. The Morgan fingerprint density at radius 2 is 1.74 bits per heavy atom. The predicted molar refractivity (Wildman–Crippen MR) is 135 cm³/mol. The lowest BCUT2D eigenvalue weighted by Crippen LogP contribution is -2.14. The number of ether oxygens (including phenoxy) is 2. The number of thiazole rings is 2. The number of carbonyl (C=O) groups is 2. The molecular formula is C25H23N3O4S2. The number of benzene rings is 2. The minimum absolute atomic E-state index is 0.0856. The van der Waals surface area contributed by atoms with E-state index in [9.17, 15) is 9.59 Å². The van der Waals surface area contributed by atoms with Gasteiger partial charge in [-0.25, -0.2) is 14.8 Å². The summed E-state index contributed by atoms with van der Waals surface area (Å²) in [6.07, 6.45) is 0.0856. The Bertz CT molecular complexity index is 1280. The van der Waals surface area contributed by atoms with Gasteiger partial charge >= 0.3 is 5.97 Å². The molecule has 34 heavy (non-hydrogen) atoms. The zero-order chi connectivity index (χ0) is 23.9. The molecule has 0 saturated carbocycles. The summed E-state index contributed by atoms with van der Waals surface area (Å²) in [5.74, 6) is 0.0354. The standard InChI is InChI=1S/C25H23N3O4S2/c1-3-31-19-13-9-8-12-18(19)23-26-17(15-33-23)14-20(29)27-25-28-21(16-10-6-5-7-11-16)22(34-25)24(30)32-4-2/h5-13,15H,3-4,14H2,1-2H3,(H,27,28,29). The van der Waals surface area contributed by atoms with Gasteiger partial charge in [0.1, 0.15) is 15.6 Å². The topological polar surface area (TPSA) is 90.4 Å². The van der Waals surface area contributed by atoms with Gasteiger partial charge in [0.15, 0.2) is 5.13 Å². The van der Waals surface area contributed by atoms with Crippen molar-refractivity contribution < 1.29 is 19.1 Å². The fourth-order valence-corrected chi connectivity index (χ4v) is 5.01. The molecule has 0 aliphatic rings. The van der Waals surface area contributed by atoms with Crippen molar-refractivity contribution in [2.75, 3.05) is 18.5 Å². The Hall–Kier alpha value is -3.56. The first-order valence-electron chi connectivity index (χ1n) is 10.8. The Morgan fingerprint density at radius 1 is 0.971 bits per heavy atom. The largest absolute Gasteiger partial charge is 0.493 e. The highest BCUT2D eigenvalue weighted by Gasteiger charge is 2.22. The third-order valence-electron chi connectivity index (χ3n) is 4.69. The minimum Gasteiger partial charge on any atom is -0.493 e. The number of esters is 1. The van der Waals surface area contributed by atoms with E-state index >= 15 is 0 Å². The van der Waals surface area contributed by atoms with Crippen molar-refractivity contribution in [2.24, 2.45) is 0 Å². The van der Waals surface area contributed by atoms with E-state index in [4.69, 9.17) is 9.47 Å². The summed E-state index contributed by atoms with van der Waals surface area (Å²) in [4.78, 5) is 34.7. The third-order valence-corrected chi connectivity index (χ3v) is 6.57. The van der Waals surface area contributed by atoms with E-state index in [-0.39, 0.29) is 18.9 Å².